The number of imidazole rings is 1. The van der Waals surface area contributed by atoms with Crippen LogP contribution < -0.4 is 5.32 Å². The number of aryl methyl sites for hydroxylation is 3. The molecule has 0 bridgehead atoms. The zero-order valence-corrected chi connectivity index (χ0v) is 17.7. The molecule has 0 atom stereocenters. The van der Waals surface area contributed by atoms with Crippen LogP contribution in [0.25, 0.3) is 11.0 Å². The molecule has 10 heteroatoms. The first-order valence-corrected chi connectivity index (χ1v) is 10.8. The lowest BCUT2D eigenvalue weighted by Crippen LogP contribution is -2.20. The molecule has 0 saturated heterocycles. The number of carbonyl (C=O) groups excluding carboxylic acids is 1. The number of hydrogen-bond acceptors (Lipinski definition) is 6. The first kappa shape index (κ1) is 20.4. The third-order valence-electron chi connectivity index (χ3n) is 4.87. The summed E-state index contributed by atoms with van der Waals surface area (Å²) in [7, 11) is 0. The van der Waals surface area contributed by atoms with E-state index in [-0.39, 0.29) is 11.5 Å². The Morgan fingerprint density at radius 2 is 2.13 bits per heavy atom. The van der Waals surface area contributed by atoms with Gasteiger partial charge in [0.25, 0.3) is 5.91 Å². The van der Waals surface area contributed by atoms with Gasteiger partial charge in [0.2, 0.25) is 5.95 Å². The molecule has 2 N–H and O–H groups in total. The predicted octanol–water partition coefficient (Wildman–Crippen LogP) is 3.02. The first-order valence-electron chi connectivity index (χ1n) is 9.82. The quantitative estimate of drug-likeness (QED) is 0.656. The lowest BCUT2D eigenvalue weighted by Gasteiger charge is -2.15. The molecule has 2 aromatic heterocycles. The van der Waals surface area contributed by atoms with E-state index in [0.717, 1.165) is 22.5 Å². The van der Waals surface area contributed by atoms with E-state index in [9.17, 15) is 14.7 Å². The van der Waals surface area contributed by atoms with E-state index in [1.165, 1.54) is 11.8 Å². The number of aromatic carboxylic acids is 1. The van der Waals surface area contributed by atoms with Crippen LogP contribution in [0.2, 0.25) is 0 Å². The number of nitrogens with one attached hydrogen (secondary N) is 1. The van der Waals surface area contributed by atoms with Gasteiger partial charge in [0.1, 0.15) is 5.69 Å². The van der Waals surface area contributed by atoms with E-state index >= 15 is 0 Å². The molecule has 0 aliphatic carbocycles. The maximum absolute atomic E-state index is 13.0. The normalized spacial score (nSPS) is 14.6. The Hall–Kier alpha value is -2.85. The van der Waals surface area contributed by atoms with Gasteiger partial charge in [-0.15, -0.1) is 11.8 Å². The number of thioether (sulfide) groups is 1. The van der Waals surface area contributed by atoms with Crippen molar-refractivity contribution in [2.45, 2.75) is 38.3 Å². The van der Waals surface area contributed by atoms with Crippen molar-refractivity contribution in [1.29, 1.82) is 0 Å². The maximum Gasteiger partial charge on any atom is 0.335 e. The number of nitrogens with zero attached hydrogens (tertiary/aromatic N) is 4. The highest BCUT2D eigenvalue weighted by Crippen LogP contribution is 2.33. The summed E-state index contributed by atoms with van der Waals surface area (Å²) in [5.41, 5.74) is 2.78. The second-order valence-electron chi connectivity index (χ2n) is 6.99. The van der Waals surface area contributed by atoms with Crippen LogP contribution in [-0.4, -0.2) is 55.3 Å². The number of carboxylic acid groups (broad SMARTS) is 1. The van der Waals surface area contributed by atoms with E-state index in [1.54, 1.807) is 22.9 Å². The second kappa shape index (κ2) is 8.49. The summed E-state index contributed by atoms with van der Waals surface area (Å²) >= 11 is 1.53. The topological polar surface area (TPSA) is 111 Å². The molecule has 158 valence electrons. The summed E-state index contributed by atoms with van der Waals surface area (Å²) in [4.78, 5) is 29.9. The van der Waals surface area contributed by atoms with Crippen molar-refractivity contribution in [3.8, 4) is 0 Å². The molecule has 0 radical (unpaired) electrons. The molecule has 0 saturated carbocycles. The highest BCUT2D eigenvalue weighted by molar-refractivity contribution is 7.99. The molecule has 3 aromatic rings. The molecule has 3 heterocycles. The first-order chi connectivity index (χ1) is 14.5. The van der Waals surface area contributed by atoms with E-state index < -0.39 is 5.97 Å². The number of amides is 1. The minimum Gasteiger partial charge on any atom is -0.478 e. The largest absolute Gasteiger partial charge is 0.478 e. The Labute approximate surface area is 177 Å². The number of rotatable bonds is 4. The van der Waals surface area contributed by atoms with Crippen LogP contribution >= 0.6 is 11.8 Å². The number of carboxylic acids is 1. The van der Waals surface area contributed by atoms with Gasteiger partial charge in [-0.3, -0.25) is 14.8 Å². The summed E-state index contributed by atoms with van der Waals surface area (Å²) in [6.45, 7) is 6.15. The number of hydrogen-bond donors (Lipinski definition) is 2. The molecule has 0 fully saturated rings. The van der Waals surface area contributed by atoms with Crippen LogP contribution in [-0.2, 0) is 17.8 Å². The van der Waals surface area contributed by atoms with Crippen molar-refractivity contribution < 1.29 is 19.4 Å². The van der Waals surface area contributed by atoms with Crippen LogP contribution in [0.4, 0.5) is 5.95 Å². The molecule has 30 heavy (non-hydrogen) atoms. The van der Waals surface area contributed by atoms with E-state index in [2.05, 4.69) is 15.4 Å². The van der Waals surface area contributed by atoms with Gasteiger partial charge in [-0.1, -0.05) is 0 Å². The fourth-order valence-electron chi connectivity index (χ4n) is 3.55. The summed E-state index contributed by atoms with van der Waals surface area (Å²) < 4.78 is 9.21. The zero-order chi connectivity index (χ0) is 21.3. The molecular formula is C20H23N5O4S. The second-order valence-corrected chi connectivity index (χ2v) is 8.13. The van der Waals surface area contributed by atoms with E-state index in [0.29, 0.717) is 49.2 Å². The molecule has 0 spiro atoms. The molecule has 0 unspecified atom stereocenters. The average Bonchev–Trinajstić information content (AvgIpc) is 3.27. The van der Waals surface area contributed by atoms with Gasteiger partial charge < -0.3 is 14.4 Å². The van der Waals surface area contributed by atoms with Crippen LogP contribution in [0.5, 0.6) is 0 Å². The average molecular weight is 430 g/mol. The van der Waals surface area contributed by atoms with Crippen LogP contribution in [0, 0.1) is 6.92 Å². The Bertz CT molecular complexity index is 1120. The van der Waals surface area contributed by atoms with Gasteiger partial charge >= 0.3 is 5.97 Å². The van der Waals surface area contributed by atoms with Crippen LogP contribution in [0.15, 0.2) is 23.1 Å². The van der Waals surface area contributed by atoms with Crippen molar-refractivity contribution in [2.24, 2.45) is 0 Å². The van der Waals surface area contributed by atoms with Gasteiger partial charge in [0.05, 0.1) is 28.9 Å². The third kappa shape index (κ3) is 3.92. The van der Waals surface area contributed by atoms with Gasteiger partial charge in [-0.2, -0.15) is 5.10 Å². The van der Waals surface area contributed by atoms with Gasteiger partial charge in [-0.05, 0) is 38.5 Å². The summed E-state index contributed by atoms with van der Waals surface area (Å²) in [5.74, 6) is -0.212. The molecule has 1 aliphatic heterocycles. The monoisotopic (exact) mass is 429 g/mol. The van der Waals surface area contributed by atoms with Crippen molar-refractivity contribution in [3.63, 3.8) is 0 Å². The smallest absolute Gasteiger partial charge is 0.335 e. The van der Waals surface area contributed by atoms with Crippen molar-refractivity contribution in [2.75, 3.05) is 24.3 Å². The maximum atomic E-state index is 13.0. The molecular weight excluding hydrogens is 406 g/mol. The molecule has 1 aromatic carbocycles. The SMILES string of the molecule is CCn1nc(C)cc1C(=O)Nc1nc2cc(C(=O)O)cc3c2n1CCCOCCS3. The molecule has 1 aliphatic rings. The lowest BCUT2D eigenvalue weighted by atomic mass is 10.2. The van der Waals surface area contributed by atoms with E-state index in [4.69, 9.17) is 4.74 Å². The number of benzene rings is 1. The van der Waals surface area contributed by atoms with Gasteiger partial charge in [-0.25, -0.2) is 9.78 Å². The summed E-state index contributed by atoms with van der Waals surface area (Å²) in [6, 6.07) is 4.95. The minimum absolute atomic E-state index is 0.171. The zero-order valence-electron chi connectivity index (χ0n) is 16.8. The Morgan fingerprint density at radius 3 is 2.90 bits per heavy atom. The fraction of sp³-hybridized carbons (Fsp3) is 0.400. The summed E-state index contributed by atoms with van der Waals surface area (Å²) in [6.07, 6.45) is 0.755. The molecule has 1 amide bonds. The predicted molar refractivity (Wildman–Crippen MR) is 113 cm³/mol. The van der Waals surface area contributed by atoms with Crippen LogP contribution in [0.3, 0.4) is 0 Å². The number of carbonyl (C=O) groups is 2. The fourth-order valence-corrected chi connectivity index (χ4v) is 4.53. The number of aromatic nitrogens is 4. The number of anilines is 1. The highest BCUT2D eigenvalue weighted by Gasteiger charge is 2.21. The highest BCUT2D eigenvalue weighted by atomic mass is 32.2. The van der Waals surface area contributed by atoms with Crippen molar-refractivity contribution in [3.05, 3.63) is 35.2 Å². The third-order valence-corrected chi connectivity index (χ3v) is 5.86. The summed E-state index contributed by atoms with van der Waals surface area (Å²) in [5, 5.41) is 16.7. The van der Waals surface area contributed by atoms with Gasteiger partial charge in [0, 0.05) is 30.3 Å². The Morgan fingerprint density at radius 1 is 1.30 bits per heavy atom. The van der Waals surface area contributed by atoms with Gasteiger partial charge in [0.15, 0.2) is 0 Å². The standard InChI is InChI=1S/C20H23N5O4S/c1-3-25-15(9-12(2)23-25)18(26)22-20-21-14-10-13(19(27)28)11-16-17(14)24(20)5-4-6-29-7-8-30-16/h9-11H,3-8H2,1-2H3,(H,27,28)(H,21,22,26). The molecule has 9 nitrogen and oxygen atoms in total. The van der Waals surface area contributed by atoms with Crippen molar-refractivity contribution >= 4 is 40.6 Å². The Kier molecular flexibility index (Phi) is 5.78. The van der Waals surface area contributed by atoms with Crippen LogP contribution in [0.1, 0.15) is 39.9 Å². The Balaban J connectivity index is 1.80. The lowest BCUT2D eigenvalue weighted by molar-refractivity contribution is 0.0696. The number of ether oxygens (including phenoxy) is 1. The van der Waals surface area contributed by atoms with Crippen molar-refractivity contribution in [1.82, 2.24) is 19.3 Å². The minimum atomic E-state index is -1.01. The molecule has 4 rings (SSSR count). The van der Waals surface area contributed by atoms with E-state index in [1.807, 2.05) is 18.4 Å².